The second-order valence-corrected chi connectivity index (χ2v) is 5.31. The molecule has 2 saturated heterocycles. The van der Waals surface area contributed by atoms with Gasteiger partial charge < -0.3 is 14.7 Å². The normalized spacial score (nSPS) is 40.0. The van der Waals surface area contributed by atoms with Crippen molar-refractivity contribution in [2.24, 2.45) is 0 Å². The fraction of sp³-hybridized carbons (Fsp3) is 1.00. The molecule has 2 heterocycles. The van der Waals surface area contributed by atoms with Crippen LogP contribution in [-0.2, 0) is 4.74 Å². The molecule has 0 saturated carbocycles. The van der Waals surface area contributed by atoms with Gasteiger partial charge in [0.1, 0.15) is 18.2 Å². The van der Waals surface area contributed by atoms with Crippen LogP contribution < -0.4 is 4.90 Å². The fourth-order valence-electron chi connectivity index (χ4n) is 2.92. The Morgan fingerprint density at radius 2 is 1.87 bits per heavy atom. The van der Waals surface area contributed by atoms with Gasteiger partial charge in [0.15, 0.2) is 0 Å². The molecule has 0 aromatic rings. The first-order chi connectivity index (χ1) is 7.20. The van der Waals surface area contributed by atoms with E-state index in [0.717, 1.165) is 19.6 Å². The van der Waals surface area contributed by atoms with E-state index in [4.69, 9.17) is 4.74 Å². The molecule has 2 aliphatic heterocycles. The van der Waals surface area contributed by atoms with Crippen LogP contribution in [0.4, 0.5) is 0 Å². The highest BCUT2D eigenvalue weighted by Gasteiger charge is 2.42. The van der Waals surface area contributed by atoms with Gasteiger partial charge in [-0.2, -0.15) is 0 Å². The van der Waals surface area contributed by atoms with Crippen molar-refractivity contribution in [1.82, 2.24) is 0 Å². The van der Waals surface area contributed by atoms with Crippen molar-refractivity contribution < 1.29 is 14.7 Å². The van der Waals surface area contributed by atoms with E-state index in [1.165, 1.54) is 38.8 Å². The minimum atomic E-state index is -0.516. The van der Waals surface area contributed by atoms with Crippen LogP contribution in [0, 0.1) is 0 Å². The molecule has 2 N–H and O–H groups in total. The van der Waals surface area contributed by atoms with Crippen LogP contribution in [0.2, 0.25) is 0 Å². The Morgan fingerprint density at radius 1 is 1.20 bits per heavy atom. The standard InChI is InChI=1S/C12H23NO2/c1-12(14)6-9-15-10-11(12)13-7-4-2-3-5-8-13/h11,14H,2-10H2,1H3/p+1. The Morgan fingerprint density at radius 3 is 2.47 bits per heavy atom. The van der Waals surface area contributed by atoms with E-state index in [-0.39, 0.29) is 0 Å². The molecule has 0 radical (unpaired) electrons. The summed E-state index contributed by atoms with van der Waals surface area (Å²) in [5.74, 6) is 0. The Labute approximate surface area is 92.4 Å². The van der Waals surface area contributed by atoms with E-state index >= 15 is 0 Å². The van der Waals surface area contributed by atoms with Crippen molar-refractivity contribution in [1.29, 1.82) is 0 Å². The van der Waals surface area contributed by atoms with Gasteiger partial charge in [-0.25, -0.2) is 0 Å². The van der Waals surface area contributed by atoms with E-state index in [2.05, 4.69) is 0 Å². The van der Waals surface area contributed by atoms with Crippen molar-refractivity contribution in [3.63, 3.8) is 0 Å². The summed E-state index contributed by atoms with van der Waals surface area (Å²) in [5.41, 5.74) is -0.516. The van der Waals surface area contributed by atoms with E-state index < -0.39 is 5.60 Å². The lowest BCUT2D eigenvalue weighted by atomic mass is 9.90. The maximum atomic E-state index is 10.4. The Hall–Kier alpha value is -0.120. The average Bonchev–Trinajstić information content (AvgIpc) is 2.45. The molecule has 3 nitrogen and oxygen atoms in total. The molecule has 2 unspecified atom stereocenters. The highest BCUT2D eigenvalue weighted by atomic mass is 16.5. The summed E-state index contributed by atoms with van der Waals surface area (Å²) < 4.78 is 5.53. The van der Waals surface area contributed by atoms with Crippen molar-refractivity contribution in [3.05, 3.63) is 0 Å². The number of nitrogens with one attached hydrogen (secondary N) is 1. The van der Waals surface area contributed by atoms with Gasteiger partial charge in [-0.15, -0.1) is 0 Å². The fourth-order valence-corrected chi connectivity index (χ4v) is 2.92. The quantitative estimate of drug-likeness (QED) is 0.643. The number of rotatable bonds is 1. The lowest BCUT2D eigenvalue weighted by Gasteiger charge is -2.40. The third kappa shape index (κ3) is 2.71. The first-order valence-electron chi connectivity index (χ1n) is 6.35. The molecular formula is C12H24NO2+. The van der Waals surface area contributed by atoms with Gasteiger partial charge in [0.25, 0.3) is 0 Å². The lowest BCUT2D eigenvalue weighted by Crippen LogP contribution is -3.18. The Balaban J connectivity index is 1.99. The Kier molecular flexibility index (Phi) is 3.65. The van der Waals surface area contributed by atoms with E-state index in [9.17, 15) is 5.11 Å². The highest BCUT2D eigenvalue weighted by molar-refractivity contribution is 4.85. The highest BCUT2D eigenvalue weighted by Crippen LogP contribution is 2.18. The molecule has 2 atom stereocenters. The molecule has 2 aliphatic rings. The van der Waals surface area contributed by atoms with Gasteiger partial charge in [-0.05, 0) is 32.6 Å². The molecular weight excluding hydrogens is 190 g/mol. The van der Waals surface area contributed by atoms with Gasteiger partial charge in [0.05, 0.1) is 13.1 Å². The van der Waals surface area contributed by atoms with Crippen molar-refractivity contribution >= 4 is 0 Å². The number of hydrogen-bond acceptors (Lipinski definition) is 2. The SMILES string of the molecule is CC1(O)CCOCC1[NH+]1CCCCCC1. The minimum absolute atomic E-state index is 0.296. The summed E-state index contributed by atoms with van der Waals surface area (Å²) in [5, 5.41) is 10.4. The molecule has 3 heteroatoms. The molecule has 0 bridgehead atoms. The molecule has 88 valence electrons. The van der Waals surface area contributed by atoms with Gasteiger partial charge in [0.2, 0.25) is 0 Å². The monoisotopic (exact) mass is 214 g/mol. The van der Waals surface area contributed by atoms with Gasteiger partial charge in [-0.3, -0.25) is 0 Å². The van der Waals surface area contributed by atoms with Gasteiger partial charge >= 0.3 is 0 Å². The summed E-state index contributed by atoms with van der Waals surface area (Å²) in [6.07, 6.45) is 6.13. The van der Waals surface area contributed by atoms with Crippen LogP contribution in [-0.4, -0.2) is 43.1 Å². The largest absolute Gasteiger partial charge is 0.384 e. The summed E-state index contributed by atoms with van der Waals surface area (Å²) in [7, 11) is 0. The maximum Gasteiger partial charge on any atom is 0.140 e. The second kappa shape index (κ2) is 4.81. The first kappa shape index (κ1) is 11.4. The van der Waals surface area contributed by atoms with Crippen molar-refractivity contribution in [2.45, 2.75) is 50.7 Å². The molecule has 15 heavy (non-hydrogen) atoms. The smallest absolute Gasteiger partial charge is 0.140 e. The van der Waals surface area contributed by atoms with E-state index in [0.29, 0.717) is 6.04 Å². The zero-order valence-corrected chi connectivity index (χ0v) is 9.80. The molecule has 2 rings (SSSR count). The third-order valence-corrected chi connectivity index (χ3v) is 4.03. The van der Waals surface area contributed by atoms with Crippen LogP contribution in [0.1, 0.15) is 39.0 Å². The number of quaternary nitrogens is 1. The summed E-state index contributed by atoms with van der Waals surface area (Å²) in [4.78, 5) is 1.57. The predicted octanol–water partition coefficient (Wildman–Crippen LogP) is -0.0148. The summed E-state index contributed by atoms with van der Waals surface area (Å²) in [6.45, 7) is 5.87. The topological polar surface area (TPSA) is 33.9 Å². The molecule has 0 spiro atoms. The lowest BCUT2D eigenvalue weighted by molar-refractivity contribution is -0.933. The number of aliphatic hydroxyl groups is 1. The van der Waals surface area contributed by atoms with Crippen LogP contribution >= 0.6 is 0 Å². The zero-order valence-electron chi connectivity index (χ0n) is 9.80. The van der Waals surface area contributed by atoms with E-state index in [1.807, 2.05) is 6.92 Å². The third-order valence-electron chi connectivity index (χ3n) is 4.03. The maximum absolute atomic E-state index is 10.4. The summed E-state index contributed by atoms with van der Waals surface area (Å²) in [6, 6.07) is 0.296. The first-order valence-corrected chi connectivity index (χ1v) is 6.35. The van der Waals surface area contributed by atoms with Crippen LogP contribution in [0.25, 0.3) is 0 Å². The number of hydrogen-bond donors (Lipinski definition) is 2. The van der Waals surface area contributed by atoms with Crippen LogP contribution in [0.5, 0.6) is 0 Å². The molecule has 0 aliphatic carbocycles. The molecule has 0 amide bonds. The van der Waals surface area contributed by atoms with Crippen LogP contribution in [0.15, 0.2) is 0 Å². The minimum Gasteiger partial charge on any atom is -0.384 e. The summed E-state index contributed by atoms with van der Waals surface area (Å²) >= 11 is 0. The van der Waals surface area contributed by atoms with Gasteiger partial charge in [0, 0.05) is 13.0 Å². The van der Waals surface area contributed by atoms with Gasteiger partial charge in [-0.1, -0.05) is 0 Å². The number of likely N-dealkylation sites (tertiary alicyclic amines) is 1. The predicted molar refractivity (Wildman–Crippen MR) is 59.0 cm³/mol. The van der Waals surface area contributed by atoms with E-state index in [1.54, 1.807) is 4.90 Å². The average molecular weight is 214 g/mol. The Bertz CT molecular complexity index is 198. The molecule has 0 aromatic heterocycles. The second-order valence-electron chi connectivity index (χ2n) is 5.31. The van der Waals surface area contributed by atoms with Crippen LogP contribution in [0.3, 0.4) is 0 Å². The number of ether oxygens (including phenoxy) is 1. The van der Waals surface area contributed by atoms with Crippen molar-refractivity contribution in [3.8, 4) is 0 Å². The molecule has 2 fully saturated rings. The van der Waals surface area contributed by atoms with Crippen molar-refractivity contribution in [2.75, 3.05) is 26.3 Å². The zero-order chi connectivity index (χ0) is 10.7. The molecule has 0 aromatic carbocycles.